The van der Waals surface area contributed by atoms with Gasteiger partial charge in [0.15, 0.2) is 0 Å². The average molecular weight is 256 g/mol. The molecular weight excluding hydrogens is 224 g/mol. The van der Waals surface area contributed by atoms with Crippen molar-refractivity contribution >= 4 is 0 Å². The summed E-state index contributed by atoms with van der Waals surface area (Å²) in [5, 5.41) is 3.37. The lowest BCUT2D eigenvalue weighted by Crippen LogP contribution is -2.40. The third kappa shape index (κ3) is 5.68. The quantitative estimate of drug-likeness (QED) is 0.739. The molecule has 0 aliphatic carbocycles. The van der Waals surface area contributed by atoms with Gasteiger partial charge in [-0.2, -0.15) is 0 Å². The molecule has 18 heavy (non-hydrogen) atoms. The van der Waals surface area contributed by atoms with Gasteiger partial charge in [0.05, 0.1) is 6.10 Å². The van der Waals surface area contributed by atoms with Crippen molar-refractivity contribution in [3.8, 4) is 0 Å². The molecule has 108 valence electrons. The highest BCUT2D eigenvalue weighted by molar-refractivity contribution is 4.77. The molecule has 1 heterocycles. The molecule has 0 aromatic carbocycles. The van der Waals surface area contributed by atoms with Crippen molar-refractivity contribution in [3.63, 3.8) is 0 Å². The number of rotatable bonds is 6. The third-order valence-electron chi connectivity index (χ3n) is 4.21. The second kappa shape index (κ2) is 7.46. The van der Waals surface area contributed by atoms with Gasteiger partial charge in [-0.3, -0.25) is 0 Å². The average Bonchev–Trinajstić information content (AvgIpc) is 2.33. The van der Waals surface area contributed by atoms with Crippen LogP contribution in [0, 0.1) is 5.41 Å². The highest BCUT2D eigenvalue weighted by atomic mass is 16.5. The number of nitrogens with one attached hydrogen (secondary N) is 1. The Hall–Kier alpha value is -0.120. The van der Waals surface area contributed by atoms with Gasteiger partial charge in [-0.25, -0.2) is 0 Å². The molecule has 1 aliphatic rings. The van der Waals surface area contributed by atoms with Crippen LogP contribution in [0.25, 0.3) is 0 Å². The van der Waals surface area contributed by atoms with Crippen LogP contribution in [-0.2, 0) is 4.74 Å². The number of hydrogen-bond donors (Lipinski definition) is 1. The van der Waals surface area contributed by atoms with Crippen molar-refractivity contribution in [2.75, 3.05) is 33.3 Å². The minimum atomic E-state index is 0.352. The fourth-order valence-corrected chi connectivity index (χ4v) is 2.38. The Morgan fingerprint density at radius 2 is 1.89 bits per heavy atom. The maximum absolute atomic E-state index is 5.93. The normalized spacial score (nSPS) is 20.3. The lowest BCUT2D eigenvalue weighted by Gasteiger charge is -2.35. The van der Waals surface area contributed by atoms with Crippen molar-refractivity contribution in [1.29, 1.82) is 0 Å². The van der Waals surface area contributed by atoms with Crippen LogP contribution in [0.5, 0.6) is 0 Å². The van der Waals surface area contributed by atoms with Gasteiger partial charge in [0.2, 0.25) is 0 Å². The van der Waals surface area contributed by atoms with Gasteiger partial charge in [0.25, 0.3) is 0 Å². The zero-order valence-corrected chi connectivity index (χ0v) is 13.0. The minimum absolute atomic E-state index is 0.352. The molecule has 1 aliphatic heterocycles. The summed E-state index contributed by atoms with van der Waals surface area (Å²) in [5.41, 5.74) is 0.352. The zero-order chi connectivity index (χ0) is 13.6. The zero-order valence-electron chi connectivity index (χ0n) is 13.0. The molecule has 1 unspecified atom stereocenters. The van der Waals surface area contributed by atoms with Gasteiger partial charge in [-0.15, -0.1) is 0 Å². The van der Waals surface area contributed by atoms with Gasteiger partial charge >= 0.3 is 0 Å². The molecule has 1 atom stereocenters. The fraction of sp³-hybridized carbons (Fsp3) is 1.00. The van der Waals surface area contributed by atoms with E-state index in [9.17, 15) is 0 Å². The lowest BCUT2D eigenvalue weighted by atomic mass is 9.87. The van der Waals surface area contributed by atoms with Crippen molar-refractivity contribution < 1.29 is 4.74 Å². The molecule has 3 heteroatoms. The first kappa shape index (κ1) is 15.9. The van der Waals surface area contributed by atoms with Crippen molar-refractivity contribution in [1.82, 2.24) is 10.2 Å². The predicted molar refractivity (Wildman–Crippen MR) is 78.0 cm³/mol. The molecule has 0 aromatic rings. The van der Waals surface area contributed by atoms with E-state index in [0.29, 0.717) is 17.6 Å². The monoisotopic (exact) mass is 256 g/mol. The molecule has 0 amide bonds. The Morgan fingerprint density at radius 1 is 1.28 bits per heavy atom. The Kier molecular flexibility index (Phi) is 6.61. The second-order valence-corrected chi connectivity index (χ2v) is 6.70. The molecule has 3 nitrogen and oxygen atoms in total. The first-order chi connectivity index (χ1) is 8.41. The molecule has 0 radical (unpaired) electrons. The predicted octanol–water partition coefficient (Wildman–Crippen LogP) is 2.51. The van der Waals surface area contributed by atoms with Gasteiger partial charge in [-0.05, 0) is 51.7 Å². The number of ether oxygens (including phenoxy) is 1. The Balaban J connectivity index is 2.09. The van der Waals surface area contributed by atoms with E-state index >= 15 is 0 Å². The van der Waals surface area contributed by atoms with Crippen LogP contribution in [0.3, 0.4) is 0 Å². The first-order valence-corrected chi connectivity index (χ1v) is 7.44. The Morgan fingerprint density at radius 3 is 2.44 bits per heavy atom. The molecule has 1 saturated heterocycles. The fourth-order valence-electron chi connectivity index (χ4n) is 2.38. The van der Waals surface area contributed by atoms with E-state index in [1.54, 1.807) is 0 Å². The van der Waals surface area contributed by atoms with Crippen LogP contribution in [0.15, 0.2) is 0 Å². The van der Waals surface area contributed by atoms with Gasteiger partial charge in [0.1, 0.15) is 0 Å². The van der Waals surface area contributed by atoms with E-state index in [1.807, 2.05) is 0 Å². The van der Waals surface area contributed by atoms with Crippen molar-refractivity contribution in [2.24, 2.45) is 5.41 Å². The SMILES string of the molecule is CC(N(C)CCCOC1CCNCC1)C(C)(C)C. The summed E-state index contributed by atoms with van der Waals surface area (Å²) in [6.07, 6.45) is 3.99. The molecule has 0 bridgehead atoms. The number of nitrogens with zero attached hydrogens (tertiary/aromatic N) is 1. The summed E-state index contributed by atoms with van der Waals surface area (Å²) in [4.78, 5) is 2.45. The van der Waals surface area contributed by atoms with E-state index in [1.165, 1.54) is 12.8 Å². The van der Waals surface area contributed by atoms with Crippen LogP contribution < -0.4 is 5.32 Å². The smallest absolute Gasteiger partial charge is 0.0599 e. The maximum atomic E-state index is 5.93. The number of hydrogen-bond acceptors (Lipinski definition) is 3. The first-order valence-electron chi connectivity index (χ1n) is 7.44. The van der Waals surface area contributed by atoms with E-state index < -0.39 is 0 Å². The van der Waals surface area contributed by atoms with Crippen molar-refractivity contribution in [2.45, 2.75) is 59.1 Å². The van der Waals surface area contributed by atoms with Gasteiger partial charge < -0.3 is 15.0 Å². The van der Waals surface area contributed by atoms with Crippen LogP contribution in [-0.4, -0.2) is 50.3 Å². The van der Waals surface area contributed by atoms with Crippen LogP contribution in [0.2, 0.25) is 0 Å². The lowest BCUT2D eigenvalue weighted by molar-refractivity contribution is 0.0247. The molecular formula is C15H32N2O. The van der Waals surface area contributed by atoms with E-state index in [2.05, 4.69) is 45.0 Å². The summed E-state index contributed by atoms with van der Waals surface area (Å²) < 4.78 is 5.93. The summed E-state index contributed by atoms with van der Waals surface area (Å²) in [7, 11) is 2.22. The summed E-state index contributed by atoms with van der Waals surface area (Å²) in [6.45, 7) is 13.5. The van der Waals surface area contributed by atoms with Crippen LogP contribution >= 0.6 is 0 Å². The summed E-state index contributed by atoms with van der Waals surface area (Å²) >= 11 is 0. The summed E-state index contributed by atoms with van der Waals surface area (Å²) in [5.74, 6) is 0. The Bertz CT molecular complexity index is 219. The van der Waals surface area contributed by atoms with Crippen LogP contribution in [0.4, 0.5) is 0 Å². The topological polar surface area (TPSA) is 24.5 Å². The highest BCUT2D eigenvalue weighted by Crippen LogP contribution is 2.22. The van der Waals surface area contributed by atoms with Crippen LogP contribution in [0.1, 0.15) is 47.0 Å². The van der Waals surface area contributed by atoms with Gasteiger partial charge in [-0.1, -0.05) is 20.8 Å². The van der Waals surface area contributed by atoms with E-state index in [-0.39, 0.29) is 0 Å². The Labute approximate surface area is 113 Å². The van der Waals surface area contributed by atoms with E-state index in [4.69, 9.17) is 4.74 Å². The molecule has 1 N–H and O–H groups in total. The molecule has 0 saturated carbocycles. The standard InChI is InChI=1S/C15H32N2O/c1-13(15(2,3)4)17(5)11-6-12-18-14-7-9-16-10-8-14/h13-14,16H,6-12H2,1-5H3. The molecule has 0 spiro atoms. The molecule has 1 rings (SSSR count). The minimum Gasteiger partial charge on any atom is -0.378 e. The van der Waals surface area contributed by atoms with Gasteiger partial charge in [0, 0.05) is 19.2 Å². The molecule has 0 aromatic heterocycles. The number of piperidine rings is 1. The summed E-state index contributed by atoms with van der Waals surface area (Å²) in [6, 6.07) is 0.608. The maximum Gasteiger partial charge on any atom is 0.0599 e. The third-order valence-corrected chi connectivity index (χ3v) is 4.21. The molecule has 1 fully saturated rings. The second-order valence-electron chi connectivity index (χ2n) is 6.70. The van der Waals surface area contributed by atoms with Crippen molar-refractivity contribution in [3.05, 3.63) is 0 Å². The highest BCUT2D eigenvalue weighted by Gasteiger charge is 2.23. The largest absolute Gasteiger partial charge is 0.378 e. The van der Waals surface area contributed by atoms with E-state index in [0.717, 1.165) is 32.7 Å².